The molecule has 0 spiro atoms. The molecule has 0 unspecified atom stereocenters. The molecular formula is C18H18O2. The highest BCUT2D eigenvalue weighted by molar-refractivity contribution is 5.31. The molecule has 0 saturated carbocycles. The maximum Gasteiger partial charge on any atom is 0.118 e. The van der Waals surface area contributed by atoms with Crippen molar-refractivity contribution < 1.29 is 9.47 Å². The largest absolute Gasteiger partial charge is 0.497 e. The van der Waals surface area contributed by atoms with Crippen LogP contribution in [0.1, 0.15) is 11.1 Å². The van der Waals surface area contributed by atoms with E-state index in [1.54, 1.807) is 14.2 Å². The summed E-state index contributed by atoms with van der Waals surface area (Å²) < 4.78 is 10.3. The SMILES string of the molecule is COc1ccc(CC#CCc2ccc(OC)cc2)cc1. The molecule has 0 heterocycles. The van der Waals surface area contributed by atoms with E-state index in [0.717, 1.165) is 24.3 Å². The lowest BCUT2D eigenvalue weighted by Crippen LogP contribution is -1.86. The molecule has 102 valence electrons. The molecule has 0 saturated heterocycles. The lowest BCUT2D eigenvalue weighted by molar-refractivity contribution is 0.414. The van der Waals surface area contributed by atoms with Gasteiger partial charge in [-0.3, -0.25) is 0 Å². The molecule has 0 amide bonds. The molecule has 0 aromatic heterocycles. The van der Waals surface area contributed by atoms with E-state index in [4.69, 9.17) is 9.47 Å². The summed E-state index contributed by atoms with van der Waals surface area (Å²) in [5.41, 5.74) is 2.40. The van der Waals surface area contributed by atoms with Crippen LogP contribution < -0.4 is 9.47 Å². The first kappa shape index (κ1) is 14.0. The molecule has 2 aromatic carbocycles. The Morgan fingerprint density at radius 3 is 1.30 bits per heavy atom. The van der Waals surface area contributed by atoms with E-state index >= 15 is 0 Å². The zero-order valence-corrected chi connectivity index (χ0v) is 11.8. The highest BCUT2D eigenvalue weighted by atomic mass is 16.5. The lowest BCUT2D eigenvalue weighted by Gasteiger charge is -2.00. The molecular weight excluding hydrogens is 248 g/mol. The molecule has 0 aliphatic carbocycles. The molecule has 2 nitrogen and oxygen atoms in total. The Morgan fingerprint density at radius 2 is 1.00 bits per heavy atom. The van der Waals surface area contributed by atoms with E-state index < -0.39 is 0 Å². The van der Waals surface area contributed by atoms with Crippen molar-refractivity contribution >= 4 is 0 Å². The van der Waals surface area contributed by atoms with Gasteiger partial charge in [0.15, 0.2) is 0 Å². The minimum Gasteiger partial charge on any atom is -0.497 e. The second kappa shape index (κ2) is 7.25. The highest BCUT2D eigenvalue weighted by Crippen LogP contribution is 2.12. The van der Waals surface area contributed by atoms with Gasteiger partial charge in [0.05, 0.1) is 14.2 Å². The summed E-state index contributed by atoms with van der Waals surface area (Å²) >= 11 is 0. The average molecular weight is 266 g/mol. The zero-order chi connectivity index (χ0) is 14.2. The van der Waals surface area contributed by atoms with Gasteiger partial charge in [0.1, 0.15) is 11.5 Å². The van der Waals surface area contributed by atoms with Crippen LogP contribution in [0.3, 0.4) is 0 Å². The van der Waals surface area contributed by atoms with Crippen molar-refractivity contribution in [1.29, 1.82) is 0 Å². The summed E-state index contributed by atoms with van der Waals surface area (Å²) in [7, 11) is 3.34. The fraction of sp³-hybridized carbons (Fsp3) is 0.222. The molecule has 0 aliphatic heterocycles. The monoisotopic (exact) mass is 266 g/mol. The third kappa shape index (κ3) is 4.07. The highest BCUT2D eigenvalue weighted by Gasteiger charge is 1.93. The first-order chi connectivity index (χ1) is 9.81. The molecule has 0 bridgehead atoms. The molecule has 2 heteroatoms. The van der Waals surface area contributed by atoms with Crippen molar-refractivity contribution in [2.45, 2.75) is 12.8 Å². The second-order valence-corrected chi connectivity index (χ2v) is 4.40. The van der Waals surface area contributed by atoms with E-state index in [-0.39, 0.29) is 0 Å². The van der Waals surface area contributed by atoms with Gasteiger partial charge < -0.3 is 9.47 Å². The van der Waals surface area contributed by atoms with E-state index in [2.05, 4.69) is 11.8 Å². The summed E-state index contributed by atoms with van der Waals surface area (Å²) in [6.07, 6.45) is 1.53. The van der Waals surface area contributed by atoms with E-state index in [0.29, 0.717) is 0 Å². The van der Waals surface area contributed by atoms with Crippen LogP contribution in [0.4, 0.5) is 0 Å². The minimum atomic E-state index is 0.764. The Kier molecular flexibility index (Phi) is 5.08. The Balaban J connectivity index is 1.87. The van der Waals surface area contributed by atoms with Gasteiger partial charge in [0.2, 0.25) is 0 Å². The third-order valence-electron chi connectivity index (χ3n) is 3.03. The number of hydrogen-bond donors (Lipinski definition) is 0. The maximum atomic E-state index is 5.13. The van der Waals surface area contributed by atoms with Crippen LogP contribution in [0.2, 0.25) is 0 Å². The fourth-order valence-electron chi connectivity index (χ4n) is 1.82. The quantitative estimate of drug-likeness (QED) is 0.789. The molecule has 2 rings (SSSR count). The van der Waals surface area contributed by atoms with Crippen LogP contribution in [0.5, 0.6) is 11.5 Å². The van der Waals surface area contributed by atoms with Gasteiger partial charge in [-0.2, -0.15) is 0 Å². The number of methoxy groups -OCH3 is 2. The Labute approximate surface area is 120 Å². The average Bonchev–Trinajstić information content (AvgIpc) is 2.53. The fourth-order valence-corrected chi connectivity index (χ4v) is 1.82. The number of ether oxygens (including phenoxy) is 2. The smallest absolute Gasteiger partial charge is 0.118 e. The van der Waals surface area contributed by atoms with Crippen LogP contribution in [0, 0.1) is 11.8 Å². The van der Waals surface area contributed by atoms with Crippen molar-refractivity contribution in [1.82, 2.24) is 0 Å². The van der Waals surface area contributed by atoms with Crippen LogP contribution >= 0.6 is 0 Å². The maximum absolute atomic E-state index is 5.13. The molecule has 2 aromatic rings. The molecule has 20 heavy (non-hydrogen) atoms. The Morgan fingerprint density at radius 1 is 0.650 bits per heavy atom. The lowest BCUT2D eigenvalue weighted by atomic mass is 10.1. The summed E-state index contributed by atoms with van der Waals surface area (Å²) in [5.74, 6) is 8.14. The third-order valence-corrected chi connectivity index (χ3v) is 3.03. The van der Waals surface area contributed by atoms with Gasteiger partial charge in [0.25, 0.3) is 0 Å². The number of benzene rings is 2. The van der Waals surface area contributed by atoms with Crippen LogP contribution in [0.25, 0.3) is 0 Å². The van der Waals surface area contributed by atoms with E-state index in [1.165, 1.54) is 11.1 Å². The first-order valence-corrected chi connectivity index (χ1v) is 6.53. The van der Waals surface area contributed by atoms with Gasteiger partial charge in [-0.05, 0) is 35.4 Å². The van der Waals surface area contributed by atoms with Gasteiger partial charge in [-0.15, -0.1) is 0 Å². The first-order valence-electron chi connectivity index (χ1n) is 6.53. The van der Waals surface area contributed by atoms with Gasteiger partial charge in [0, 0.05) is 12.8 Å². The Bertz CT molecular complexity index is 533. The normalized spacial score (nSPS) is 9.50. The van der Waals surface area contributed by atoms with E-state index in [9.17, 15) is 0 Å². The number of hydrogen-bond acceptors (Lipinski definition) is 2. The van der Waals surface area contributed by atoms with Crippen molar-refractivity contribution in [2.24, 2.45) is 0 Å². The van der Waals surface area contributed by atoms with Crippen molar-refractivity contribution in [3.8, 4) is 23.3 Å². The molecule has 0 aliphatic rings. The number of rotatable bonds is 4. The predicted octanol–water partition coefficient (Wildman–Crippen LogP) is 3.49. The second-order valence-electron chi connectivity index (χ2n) is 4.40. The van der Waals surface area contributed by atoms with Crippen molar-refractivity contribution in [3.63, 3.8) is 0 Å². The standard InChI is InChI=1S/C18H18O2/c1-19-17-11-7-15(8-12-17)5-3-4-6-16-9-13-18(20-2)14-10-16/h7-14H,5-6H2,1-2H3. The van der Waals surface area contributed by atoms with Gasteiger partial charge in [-0.1, -0.05) is 36.1 Å². The van der Waals surface area contributed by atoms with Gasteiger partial charge in [-0.25, -0.2) is 0 Å². The summed E-state index contributed by atoms with van der Waals surface area (Å²) in [6, 6.07) is 16.0. The topological polar surface area (TPSA) is 18.5 Å². The van der Waals surface area contributed by atoms with Crippen molar-refractivity contribution in [2.75, 3.05) is 14.2 Å². The predicted molar refractivity (Wildman–Crippen MR) is 81.2 cm³/mol. The molecule has 0 N–H and O–H groups in total. The molecule has 0 atom stereocenters. The van der Waals surface area contributed by atoms with Crippen molar-refractivity contribution in [3.05, 3.63) is 59.7 Å². The van der Waals surface area contributed by atoms with Crippen LogP contribution in [-0.4, -0.2) is 14.2 Å². The summed E-state index contributed by atoms with van der Waals surface area (Å²) in [4.78, 5) is 0. The summed E-state index contributed by atoms with van der Waals surface area (Å²) in [6.45, 7) is 0. The van der Waals surface area contributed by atoms with Gasteiger partial charge >= 0.3 is 0 Å². The summed E-state index contributed by atoms with van der Waals surface area (Å²) in [5, 5.41) is 0. The zero-order valence-electron chi connectivity index (χ0n) is 11.8. The van der Waals surface area contributed by atoms with Crippen LogP contribution in [-0.2, 0) is 12.8 Å². The minimum absolute atomic E-state index is 0.764. The van der Waals surface area contributed by atoms with Crippen LogP contribution in [0.15, 0.2) is 48.5 Å². The van der Waals surface area contributed by atoms with E-state index in [1.807, 2.05) is 48.5 Å². The molecule has 0 radical (unpaired) electrons. The molecule has 0 fully saturated rings. The Hall–Kier alpha value is -2.40.